The van der Waals surface area contributed by atoms with Crippen LogP contribution >= 0.6 is 0 Å². The average Bonchev–Trinajstić information content (AvgIpc) is 2.28. The monoisotopic (exact) mass is 226 g/mol. The molecular formula is C11H14O5. The van der Waals surface area contributed by atoms with Gasteiger partial charge in [0.05, 0.1) is 14.2 Å². The van der Waals surface area contributed by atoms with Crippen molar-refractivity contribution in [2.24, 2.45) is 0 Å². The Labute approximate surface area is 93.2 Å². The highest BCUT2D eigenvalue weighted by atomic mass is 16.5. The summed E-state index contributed by atoms with van der Waals surface area (Å²) in [5.41, 5.74) is 0.224. The van der Waals surface area contributed by atoms with Gasteiger partial charge in [-0.1, -0.05) is 0 Å². The SMILES string of the molecule is COc1cc(C(=O)C(C)O)cc(OC)c1O. The van der Waals surface area contributed by atoms with E-state index < -0.39 is 11.9 Å². The fraction of sp³-hybridized carbons (Fsp3) is 0.364. The molecule has 1 aromatic carbocycles. The number of ether oxygens (including phenoxy) is 2. The van der Waals surface area contributed by atoms with Crippen molar-refractivity contribution in [2.45, 2.75) is 13.0 Å². The lowest BCUT2D eigenvalue weighted by atomic mass is 10.1. The third kappa shape index (κ3) is 2.25. The van der Waals surface area contributed by atoms with E-state index in [9.17, 15) is 15.0 Å². The zero-order valence-electron chi connectivity index (χ0n) is 9.35. The van der Waals surface area contributed by atoms with Crippen LogP contribution in [0.25, 0.3) is 0 Å². The Kier molecular flexibility index (Phi) is 3.73. The van der Waals surface area contributed by atoms with Crippen LogP contribution in [0.3, 0.4) is 0 Å². The smallest absolute Gasteiger partial charge is 0.200 e. The molecule has 0 saturated carbocycles. The minimum absolute atomic E-state index is 0.128. The van der Waals surface area contributed by atoms with Gasteiger partial charge < -0.3 is 19.7 Å². The number of Topliss-reactive ketones (excluding diaryl/α,β-unsaturated/α-hetero) is 1. The standard InChI is InChI=1S/C11H14O5/c1-6(12)10(13)7-4-8(15-2)11(14)9(5-7)16-3/h4-6,12,14H,1-3H3. The van der Waals surface area contributed by atoms with E-state index in [2.05, 4.69) is 0 Å². The maximum absolute atomic E-state index is 11.5. The van der Waals surface area contributed by atoms with Gasteiger partial charge in [0.1, 0.15) is 6.10 Å². The average molecular weight is 226 g/mol. The lowest BCUT2D eigenvalue weighted by molar-refractivity contribution is 0.0779. The van der Waals surface area contributed by atoms with Gasteiger partial charge in [0.15, 0.2) is 17.3 Å². The quantitative estimate of drug-likeness (QED) is 0.748. The molecule has 88 valence electrons. The van der Waals surface area contributed by atoms with E-state index in [0.29, 0.717) is 0 Å². The number of phenols is 1. The highest BCUT2D eigenvalue weighted by molar-refractivity contribution is 6.00. The number of benzene rings is 1. The number of aliphatic hydroxyl groups excluding tert-OH is 1. The number of methoxy groups -OCH3 is 2. The zero-order chi connectivity index (χ0) is 12.3. The number of ketones is 1. The van der Waals surface area contributed by atoms with Gasteiger partial charge in [0.2, 0.25) is 5.75 Å². The molecule has 5 nitrogen and oxygen atoms in total. The van der Waals surface area contributed by atoms with Crippen molar-refractivity contribution in [3.05, 3.63) is 17.7 Å². The number of hydrogen-bond donors (Lipinski definition) is 2. The van der Waals surface area contributed by atoms with Gasteiger partial charge in [0.25, 0.3) is 0 Å². The summed E-state index contributed by atoms with van der Waals surface area (Å²) in [4.78, 5) is 11.5. The van der Waals surface area contributed by atoms with Crippen LogP contribution in [-0.4, -0.2) is 36.3 Å². The zero-order valence-corrected chi connectivity index (χ0v) is 9.35. The van der Waals surface area contributed by atoms with Crippen molar-refractivity contribution in [3.8, 4) is 17.2 Å². The highest BCUT2D eigenvalue weighted by Crippen LogP contribution is 2.37. The van der Waals surface area contributed by atoms with Crippen LogP contribution in [0.5, 0.6) is 17.2 Å². The van der Waals surface area contributed by atoms with Gasteiger partial charge in [-0.25, -0.2) is 0 Å². The summed E-state index contributed by atoms with van der Waals surface area (Å²) in [5.74, 6) is -0.379. The molecule has 0 aliphatic carbocycles. The maximum Gasteiger partial charge on any atom is 0.200 e. The number of phenolic OH excluding ortho intramolecular Hbond substituents is 1. The molecule has 0 fully saturated rings. The molecule has 16 heavy (non-hydrogen) atoms. The van der Waals surface area contributed by atoms with E-state index in [0.717, 1.165) is 0 Å². The molecule has 1 atom stereocenters. The Bertz CT molecular complexity index is 372. The van der Waals surface area contributed by atoms with Crippen molar-refractivity contribution in [1.82, 2.24) is 0 Å². The van der Waals surface area contributed by atoms with E-state index in [1.165, 1.54) is 33.3 Å². The molecule has 0 aliphatic rings. The Morgan fingerprint density at radius 2 is 1.69 bits per heavy atom. The van der Waals surface area contributed by atoms with Crippen LogP contribution in [-0.2, 0) is 0 Å². The van der Waals surface area contributed by atoms with Crippen molar-refractivity contribution in [1.29, 1.82) is 0 Å². The first kappa shape index (κ1) is 12.3. The van der Waals surface area contributed by atoms with Crippen LogP contribution < -0.4 is 9.47 Å². The molecule has 0 amide bonds. The second-order valence-electron chi connectivity index (χ2n) is 3.27. The van der Waals surface area contributed by atoms with E-state index in [1.807, 2.05) is 0 Å². The molecule has 0 aromatic heterocycles. The van der Waals surface area contributed by atoms with E-state index >= 15 is 0 Å². The second kappa shape index (κ2) is 4.85. The topological polar surface area (TPSA) is 76.0 Å². The van der Waals surface area contributed by atoms with Crippen molar-refractivity contribution < 1.29 is 24.5 Å². The van der Waals surface area contributed by atoms with Crippen LogP contribution in [0.4, 0.5) is 0 Å². The molecule has 0 saturated heterocycles. The lowest BCUT2D eigenvalue weighted by Gasteiger charge is -2.11. The number of aromatic hydroxyl groups is 1. The van der Waals surface area contributed by atoms with Gasteiger partial charge >= 0.3 is 0 Å². The number of carbonyl (C=O) groups excluding carboxylic acids is 1. The molecule has 0 spiro atoms. The maximum atomic E-state index is 11.5. The lowest BCUT2D eigenvalue weighted by Crippen LogP contribution is -2.16. The second-order valence-corrected chi connectivity index (χ2v) is 3.27. The first-order valence-electron chi connectivity index (χ1n) is 4.68. The van der Waals surface area contributed by atoms with Crippen molar-refractivity contribution in [2.75, 3.05) is 14.2 Å². The molecule has 0 bridgehead atoms. The highest BCUT2D eigenvalue weighted by Gasteiger charge is 2.18. The van der Waals surface area contributed by atoms with Crippen molar-refractivity contribution in [3.63, 3.8) is 0 Å². The van der Waals surface area contributed by atoms with E-state index in [-0.39, 0.29) is 22.8 Å². The number of rotatable bonds is 4. The van der Waals surface area contributed by atoms with Crippen molar-refractivity contribution >= 4 is 5.78 Å². The molecule has 0 radical (unpaired) electrons. The predicted molar refractivity (Wildman–Crippen MR) is 57.2 cm³/mol. The Morgan fingerprint density at radius 3 is 2.00 bits per heavy atom. The molecule has 1 unspecified atom stereocenters. The van der Waals surface area contributed by atoms with Gasteiger partial charge in [-0.05, 0) is 19.1 Å². The fourth-order valence-electron chi connectivity index (χ4n) is 1.28. The molecule has 5 heteroatoms. The van der Waals surface area contributed by atoms with Gasteiger partial charge in [0, 0.05) is 5.56 Å². The number of hydrogen-bond acceptors (Lipinski definition) is 5. The number of aliphatic hydroxyl groups is 1. The number of carbonyl (C=O) groups is 1. The normalized spacial score (nSPS) is 12.0. The Morgan fingerprint density at radius 1 is 1.25 bits per heavy atom. The first-order chi connectivity index (χ1) is 7.51. The molecule has 0 aliphatic heterocycles. The summed E-state index contributed by atoms with van der Waals surface area (Å²) in [6.45, 7) is 1.37. The van der Waals surface area contributed by atoms with Crippen LogP contribution in [0.2, 0.25) is 0 Å². The third-order valence-corrected chi connectivity index (χ3v) is 2.14. The summed E-state index contributed by atoms with van der Waals surface area (Å²) in [7, 11) is 2.73. The minimum Gasteiger partial charge on any atom is -0.502 e. The fourth-order valence-corrected chi connectivity index (χ4v) is 1.28. The van der Waals surface area contributed by atoms with Gasteiger partial charge in [-0.2, -0.15) is 0 Å². The molecule has 2 N–H and O–H groups in total. The van der Waals surface area contributed by atoms with E-state index in [4.69, 9.17) is 9.47 Å². The minimum atomic E-state index is -1.11. The summed E-state index contributed by atoms with van der Waals surface area (Å²) in [6.07, 6.45) is -1.11. The largest absolute Gasteiger partial charge is 0.502 e. The Hall–Kier alpha value is -1.75. The first-order valence-corrected chi connectivity index (χ1v) is 4.68. The van der Waals surface area contributed by atoms with Crippen LogP contribution in [0.15, 0.2) is 12.1 Å². The molecule has 1 rings (SSSR count). The molecule has 0 heterocycles. The molecule has 1 aromatic rings. The summed E-state index contributed by atoms with van der Waals surface area (Å²) in [5, 5.41) is 18.8. The Balaban J connectivity index is 3.27. The summed E-state index contributed by atoms with van der Waals surface area (Å²) in [6, 6.07) is 2.71. The molecular weight excluding hydrogens is 212 g/mol. The summed E-state index contributed by atoms with van der Waals surface area (Å²) < 4.78 is 9.79. The summed E-state index contributed by atoms with van der Waals surface area (Å²) >= 11 is 0. The van der Waals surface area contributed by atoms with E-state index in [1.54, 1.807) is 0 Å². The third-order valence-electron chi connectivity index (χ3n) is 2.14. The van der Waals surface area contributed by atoms with Gasteiger partial charge in [-0.15, -0.1) is 0 Å². The van der Waals surface area contributed by atoms with Gasteiger partial charge in [-0.3, -0.25) is 4.79 Å². The van der Waals surface area contributed by atoms with Crippen LogP contribution in [0.1, 0.15) is 17.3 Å². The predicted octanol–water partition coefficient (Wildman–Crippen LogP) is 0.973. The van der Waals surface area contributed by atoms with Crippen LogP contribution in [0, 0.1) is 0 Å².